The van der Waals surface area contributed by atoms with Crippen LogP contribution < -0.4 is 32.7 Å². The highest BCUT2D eigenvalue weighted by molar-refractivity contribution is 5.91. The third kappa shape index (κ3) is 11.8. The lowest BCUT2D eigenvalue weighted by molar-refractivity contribution is -0.142. The van der Waals surface area contributed by atoms with E-state index in [1.807, 2.05) is 0 Å². The molecule has 4 amide bonds. The molecule has 1 atom stereocenters. The molecule has 148 valence electrons. The average Bonchev–Trinajstić information content (AvgIpc) is 2.61. The fourth-order valence-corrected chi connectivity index (χ4v) is 1.73. The van der Waals surface area contributed by atoms with Crippen LogP contribution >= 0.6 is 0 Å². The Morgan fingerprint density at radius 2 is 1.27 bits per heavy atom. The first kappa shape index (κ1) is 23.3. The van der Waals surface area contributed by atoms with Crippen LogP contribution in [0.2, 0.25) is 0 Å². The lowest BCUT2D eigenvalue weighted by atomic mass is 10.1. The van der Waals surface area contributed by atoms with Crippen molar-refractivity contribution in [2.45, 2.75) is 25.3 Å². The van der Waals surface area contributed by atoms with Crippen LogP contribution in [0, 0.1) is 0 Å². The first-order chi connectivity index (χ1) is 12.3. The van der Waals surface area contributed by atoms with E-state index in [9.17, 15) is 24.0 Å². The number of carboxylic acid groups (broad SMARTS) is 1. The molecule has 0 saturated carbocycles. The van der Waals surface area contributed by atoms with Crippen LogP contribution in [0.4, 0.5) is 0 Å². The molecule has 0 aliphatic rings. The molecule has 9 N–H and O–H groups in total. The number of carboxylic acids is 1. The van der Waals surface area contributed by atoms with E-state index < -0.39 is 48.7 Å². The van der Waals surface area contributed by atoms with Gasteiger partial charge in [-0.05, 0) is 25.8 Å². The maximum Gasteiger partial charge on any atom is 0.326 e. The van der Waals surface area contributed by atoms with Crippen molar-refractivity contribution < 1.29 is 29.1 Å². The second-order valence-corrected chi connectivity index (χ2v) is 5.28. The summed E-state index contributed by atoms with van der Waals surface area (Å²) < 4.78 is 0. The molecule has 0 aliphatic heterocycles. The fourth-order valence-electron chi connectivity index (χ4n) is 1.73. The number of hydrogen-bond donors (Lipinski definition) is 7. The summed E-state index contributed by atoms with van der Waals surface area (Å²) in [7, 11) is 0. The fraction of sp³-hybridized carbons (Fsp3) is 0.643. The predicted molar refractivity (Wildman–Crippen MR) is 90.6 cm³/mol. The molecular formula is C14H26N6O6. The Morgan fingerprint density at radius 1 is 0.769 bits per heavy atom. The van der Waals surface area contributed by atoms with Gasteiger partial charge < -0.3 is 37.8 Å². The Kier molecular flexibility index (Phi) is 12.1. The molecule has 0 rings (SSSR count). The minimum absolute atomic E-state index is 0.233. The van der Waals surface area contributed by atoms with Gasteiger partial charge in [-0.1, -0.05) is 0 Å². The molecule has 0 aromatic rings. The lowest BCUT2D eigenvalue weighted by Crippen LogP contribution is -2.47. The molecule has 0 radical (unpaired) electrons. The SMILES string of the molecule is NCCCC[C@H](NC(=O)CNC(=O)CNC(=O)CNC(=O)CN)C(=O)O. The Bertz CT molecular complexity index is 512. The smallest absolute Gasteiger partial charge is 0.326 e. The molecule has 0 heterocycles. The molecular weight excluding hydrogens is 348 g/mol. The lowest BCUT2D eigenvalue weighted by Gasteiger charge is -2.14. The summed E-state index contributed by atoms with van der Waals surface area (Å²) in [5.74, 6) is -3.60. The number of amides is 4. The molecule has 0 saturated heterocycles. The second-order valence-electron chi connectivity index (χ2n) is 5.28. The first-order valence-electron chi connectivity index (χ1n) is 8.02. The number of nitrogens with two attached hydrogens (primary N) is 2. The van der Waals surface area contributed by atoms with Crippen LogP contribution in [-0.4, -0.2) is 73.5 Å². The van der Waals surface area contributed by atoms with Crippen molar-refractivity contribution in [3.63, 3.8) is 0 Å². The molecule has 26 heavy (non-hydrogen) atoms. The highest BCUT2D eigenvalue weighted by Gasteiger charge is 2.19. The van der Waals surface area contributed by atoms with Gasteiger partial charge in [-0.25, -0.2) is 4.79 Å². The van der Waals surface area contributed by atoms with E-state index in [2.05, 4.69) is 21.3 Å². The standard InChI is InChI=1S/C14H26N6O6/c15-4-2-1-3-9(14(25)26)20-13(24)8-19-12(23)7-18-11(22)6-17-10(21)5-16/h9H,1-8,15-16H2,(H,17,21)(H,18,22)(H,19,23)(H,20,24)(H,25,26)/t9-/m0/s1. The van der Waals surface area contributed by atoms with Crippen LogP contribution in [0.25, 0.3) is 0 Å². The van der Waals surface area contributed by atoms with Gasteiger partial charge >= 0.3 is 5.97 Å². The van der Waals surface area contributed by atoms with Crippen molar-refractivity contribution in [3.05, 3.63) is 0 Å². The third-order valence-corrected chi connectivity index (χ3v) is 3.10. The number of unbranched alkanes of at least 4 members (excludes halogenated alkanes) is 1. The van der Waals surface area contributed by atoms with Crippen LogP contribution in [0.3, 0.4) is 0 Å². The number of nitrogens with one attached hydrogen (secondary N) is 4. The number of aliphatic carboxylic acids is 1. The largest absolute Gasteiger partial charge is 0.480 e. The molecule has 12 heteroatoms. The number of carbonyl (C=O) groups excluding carboxylic acids is 4. The van der Waals surface area contributed by atoms with E-state index in [-0.39, 0.29) is 19.5 Å². The minimum atomic E-state index is -1.17. The maximum absolute atomic E-state index is 11.7. The average molecular weight is 374 g/mol. The zero-order valence-electron chi connectivity index (χ0n) is 14.4. The summed E-state index contributed by atoms with van der Waals surface area (Å²) in [5.41, 5.74) is 10.4. The molecule has 0 unspecified atom stereocenters. The molecule has 0 aromatic heterocycles. The molecule has 0 bridgehead atoms. The van der Waals surface area contributed by atoms with Gasteiger partial charge in [0.1, 0.15) is 6.04 Å². The van der Waals surface area contributed by atoms with Crippen molar-refractivity contribution in [2.75, 3.05) is 32.7 Å². The molecule has 0 spiro atoms. The van der Waals surface area contributed by atoms with E-state index in [1.165, 1.54) is 0 Å². The Morgan fingerprint density at radius 3 is 1.73 bits per heavy atom. The van der Waals surface area contributed by atoms with E-state index in [0.717, 1.165) is 0 Å². The summed E-state index contributed by atoms with van der Waals surface area (Å²) in [6.45, 7) is -0.986. The quantitative estimate of drug-likeness (QED) is 0.158. The van der Waals surface area contributed by atoms with Crippen LogP contribution in [-0.2, 0) is 24.0 Å². The van der Waals surface area contributed by atoms with Crippen LogP contribution in [0.1, 0.15) is 19.3 Å². The Labute approximate surface area is 150 Å². The Balaban J connectivity index is 4.05. The molecule has 12 nitrogen and oxygen atoms in total. The Hall–Kier alpha value is -2.73. The van der Waals surface area contributed by atoms with E-state index in [1.54, 1.807) is 0 Å². The summed E-state index contributed by atoms with van der Waals surface area (Å²) in [6, 6.07) is -1.06. The van der Waals surface area contributed by atoms with Gasteiger partial charge in [0.05, 0.1) is 26.2 Å². The van der Waals surface area contributed by atoms with Crippen molar-refractivity contribution in [3.8, 4) is 0 Å². The van der Waals surface area contributed by atoms with Crippen LogP contribution in [0.5, 0.6) is 0 Å². The molecule has 0 aliphatic carbocycles. The third-order valence-electron chi connectivity index (χ3n) is 3.10. The van der Waals surface area contributed by atoms with Gasteiger partial charge in [0.25, 0.3) is 0 Å². The number of rotatable bonds is 13. The monoisotopic (exact) mass is 374 g/mol. The first-order valence-corrected chi connectivity index (χ1v) is 8.02. The van der Waals surface area contributed by atoms with Crippen molar-refractivity contribution in [1.29, 1.82) is 0 Å². The minimum Gasteiger partial charge on any atom is -0.480 e. The van der Waals surface area contributed by atoms with Crippen molar-refractivity contribution in [1.82, 2.24) is 21.3 Å². The zero-order chi connectivity index (χ0) is 19.9. The zero-order valence-corrected chi connectivity index (χ0v) is 14.4. The highest BCUT2D eigenvalue weighted by Crippen LogP contribution is 2.00. The van der Waals surface area contributed by atoms with Gasteiger partial charge in [0.15, 0.2) is 0 Å². The van der Waals surface area contributed by atoms with Crippen molar-refractivity contribution in [2.24, 2.45) is 11.5 Å². The molecule has 0 aromatic carbocycles. The summed E-state index contributed by atoms with van der Waals surface area (Å²) in [4.78, 5) is 56.5. The normalized spacial score (nSPS) is 11.2. The van der Waals surface area contributed by atoms with Crippen molar-refractivity contribution >= 4 is 29.6 Å². The van der Waals surface area contributed by atoms with E-state index in [4.69, 9.17) is 16.6 Å². The summed E-state index contributed by atoms with van der Waals surface area (Å²) in [6.07, 6.45) is 1.42. The van der Waals surface area contributed by atoms with Gasteiger partial charge in [0.2, 0.25) is 23.6 Å². The van der Waals surface area contributed by atoms with Gasteiger partial charge in [0, 0.05) is 0 Å². The number of carbonyl (C=O) groups is 5. The number of hydrogen-bond acceptors (Lipinski definition) is 7. The van der Waals surface area contributed by atoms with Crippen LogP contribution in [0.15, 0.2) is 0 Å². The maximum atomic E-state index is 11.7. The topological polar surface area (TPSA) is 206 Å². The summed E-state index contributed by atoms with van der Waals surface area (Å²) in [5, 5.41) is 18.0. The second kappa shape index (κ2) is 13.5. The highest BCUT2D eigenvalue weighted by atomic mass is 16.4. The predicted octanol–water partition coefficient (Wildman–Crippen LogP) is -4.01. The molecule has 0 fully saturated rings. The van der Waals surface area contributed by atoms with E-state index >= 15 is 0 Å². The van der Waals surface area contributed by atoms with Gasteiger partial charge in [-0.15, -0.1) is 0 Å². The van der Waals surface area contributed by atoms with Gasteiger partial charge in [-0.3, -0.25) is 19.2 Å². The van der Waals surface area contributed by atoms with E-state index in [0.29, 0.717) is 19.4 Å². The summed E-state index contributed by atoms with van der Waals surface area (Å²) >= 11 is 0. The van der Waals surface area contributed by atoms with Gasteiger partial charge in [-0.2, -0.15) is 0 Å².